The molecular formula is C8H3F3N2O2S. The number of nitro benzene ring substituents is 1. The Morgan fingerprint density at radius 3 is 2.38 bits per heavy atom. The molecule has 0 spiro atoms. The fraction of sp³-hybridized carbons (Fsp3) is 0.125. The number of nitriles is 1. The van der Waals surface area contributed by atoms with Gasteiger partial charge in [-0.3, -0.25) is 10.1 Å². The monoisotopic (exact) mass is 248 g/mol. The summed E-state index contributed by atoms with van der Waals surface area (Å²) in [5.41, 5.74) is -2.97. The van der Waals surface area contributed by atoms with Crippen molar-refractivity contribution in [2.24, 2.45) is 0 Å². The maximum atomic E-state index is 12.5. The van der Waals surface area contributed by atoms with E-state index in [1.165, 1.54) is 6.07 Å². The summed E-state index contributed by atoms with van der Waals surface area (Å²) >= 11 is 3.50. The van der Waals surface area contributed by atoms with Gasteiger partial charge in [0.25, 0.3) is 5.69 Å². The van der Waals surface area contributed by atoms with E-state index < -0.39 is 27.2 Å². The number of thiol groups is 1. The van der Waals surface area contributed by atoms with Crippen molar-refractivity contribution in [3.8, 4) is 6.07 Å². The van der Waals surface area contributed by atoms with Crippen LogP contribution in [0.1, 0.15) is 11.1 Å². The van der Waals surface area contributed by atoms with Gasteiger partial charge >= 0.3 is 6.18 Å². The van der Waals surface area contributed by atoms with Gasteiger partial charge in [0.05, 0.1) is 10.5 Å². The van der Waals surface area contributed by atoms with Crippen LogP contribution in [0.4, 0.5) is 18.9 Å². The van der Waals surface area contributed by atoms with Crippen molar-refractivity contribution in [2.45, 2.75) is 11.1 Å². The van der Waals surface area contributed by atoms with Gasteiger partial charge in [-0.1, -0.05) is 0 Å². The van der Waals surface area contributed by atoms with Crippen molar-refractivity contribution in [3.05, 3.63) is 33.4 Å². The minimum Gasteiger partial charge on any atom is -0.258 e. The first-order chi connectivity index (χ1) is 7.29. The molecule has 0 fully saturated rings. The highest BCUT2D eigenvalue weighted by molar-refractivity contribution is 7.80. The minimum absolute atomic E-state index is 0.360. The summed E-state index contributed by atoms with van der Waals surface area (Å²) < 4.78 is 37.6. The standard InChI is InChI=1S/C8H3F3N2O2S/c9-8(10,11)6-5(13(14)15)2-1-4(3-12)7(6)16/h1-2,16H. The molecule has 0 aromatic heterocycles. The molecule has 0 aliphatic carbocycles. The van der Waals surface area contributed by atoms with Crippen molar-refractivity contribution >= 4 is 18.3 Å². The van der Waals surface area contributed by atoms with Crippen molar-refractivity contribution in [3.63, 3.8) is 0 Å². The van der Waals surface area contributed by atoms with Crippen LogP contribution < -0.4 is 0 Å². The van der Waals surface area contributed by atoms with E-state index in [4.69, 9.17) is 5.26 Å². The predicted octanol–water partition coefficient (Wildman–Crippen LogP) is 2.77. The van der Waals surface area contributed by atoms with Crippen molar-refractivity contribution in [1.29, 1.82) is 5.26 Å². The molecule has 84 valence electrons. The molecule has 0 bridgehead atoms. The fourth-order valence-corrected chi connectivity index (χ4v) is 1.47. The molecule has 16 heavy (non-hydrogen) atoms. The van der Waals surface area contributed by atoms with Crippen LogP contribution in [-0.2, 0) is 6.18 Å². The second-order valence-corrected chi connectivity index (χ2v) is 3.17. The van der Waals surface area contributed by atoms with Crippen LogP contribution >= 0.6 is 12.6 Å². The molecule has 0 saturated heterocycles. The molecule has 0 unspecified atom stereocenters. The predicted molar refractivity (Wildman–Crippen MR) is 50.1 cm³/mol. The van der Waals surface area contributed by atoms with E-state index in [0.29, 0.717) is 6.07 Å². The molecule has 0 amide bonds. The van der Waals surface area contributed by atoms with Crippen LogP contribution in [0.3, 0.4) is 0 Å². The Balaban J connectivity index is 3.64. The lowest BCUT2D eigenvalue weighted by molar-refractivity contribution is -0.388. The summed E-state index contributed by atoms with van der Waals surface area (Å²) in [5.74, 6) is 0. The van der Waals surface area contributed by atoms with E-state index in [1.54, 1.807) is 0 Å². The second-order valence-electron chi connectivity index (χ2n) is 2.72. The van der Waals surface area contributed by atoms with E-state index >= 15 is 0 Å². The van der Waals surface area contributed by atoms with E-state index in [9.17, 15) is 23.3 Å². The first-order valence-corrected chi connectivity index (χ1v) is 4.21. The van der Waals surface area contributed by atoms with Crippen molar-refractivity contribution < 1.29 is 18.1 Å². The smallest absolute Gasteiger partial charge is 0.258 e. The SMILES string of the molecule is N#Cc1ccc([N+](=O)[O-])c(C(F)(F)F)c1S. The van der Waals surface area contributed by atoms with Gasteiger partial charge in [0, 0.05) is 11.0 Å². The zero-order valence-electron chi connectivity index (χ0n) is 7.45. The lowest BCUT2D eigenvalue weighted by atomic mass is 10.1. The average molecular weight is 248 g/mol. The third kappa shape index (κ3) is 2.09. The largest absolute Gasteiger partial charge is 0.424 e. The Bertz CT molecular complexity index is 493. The number of rotatable bonds is 1. The Hall–Kier alpha value is -1.75. The Morgan fingerprint density at radius 2 is 2.00 bits per heavy atom. The zero-order valence-corrected chi connectivity index (χ0v) is 8.34. The number of nitrogens with zero attached hydrogens (tertiary/aromatic N) is 2. The van der Waals surface area contributed by atoms with E-state index in [-0.39, 0.29) is 5.56 Å². The summed E-state index contributed by atoms with van der Waals surface area (Å²) in [5, 5.41) is 18.9. The topological polar surface area (TPSA) is 66.9 Å². The number of hydrogen-bond donors (Lipinski definition) is 1. The van der Waals surface area contributed by atoms with Gasteiger partial charge in [0.15, 0.2) is 0 Å². The summed E-state index contributed by atoms with van der Waals surface area (Å²) in [6, 6.07) is 3.04. The molecule has 0 radical (unpaired) electrons. The van der Waals surface area contributed by atoms with Gasteiger partial charge in [-0.25, -0.2) is 0 Å². The van der Waals surface area contributed by atoms with Gasteiger partial charge < -0.3 is 0 Å². The molecule has 0 atom stereocenters. The van der Waals surface area contributed by atoms with Crippen LogP contribution in [0.15, 0.2) is 17.0 Å². The molecule has 1 aromatic carbocycles. The highest BCUT2D eigenvalue weighted by atomic mass is 32.1. The second kappa shape index (κ2) is 4.02. The third-order valence-corrected chi connectivity index (χ3v) is 2.22. The molecule has 0 aliphatic rings. The number of hydrogen-bond acceptors (Lipinski definition) is 4. The van der Waals surface area contributed by atoms with E-state index in [0.717, 1.165) is 6.07 Å². The Kier molecular flexibility index (Phi) is 3.09. The quantitative estimate of drug-likeness (QED) is 0.472. The van der Waals surface area contributed by atoms with Gasteiger partial charge in [0.2, 0.25) is 0 Å². The van der Waals surface area contributed by atoms with Gasteiger partial charge in [0.1, 0.15) is 11.6 Å². The molecular weight excluding hydrogens is 245 g/mol. The Labute approximate surface area is 92.9 Å². The van der Waals surface area contributed by atoms with Crippen LogP contribution in [-0.4, -0.2) is 4.92 Å². The van der Waals surface area contributed by atoms with Crippen molar-refractivity contribution in [1.82, 2.24) is 0 Å². The van der Waals surface area contributed by atoms with Crippen molar-refractivity contribution in [2.75, 3.05) is 0 Å². The molecule has 0 aliphatic heterocycles. The summed E-state index contributed by atoms with van der Waals surface area (Å²) in [7, 11) is 0. The van der Waals surface area contributed by atoms with Crippen LogP contribution in [0, 0.1) is 21.4 Å². The highest BCUT2D eigenvalue weighted by Crippen LogP contribution is 2.41. The maximum Gasteiger partial charge on any atom is 0.424 e. The molecule has 8 heteroatoms. The maximum absolute atomic E-state index is 12.5. The summed E-state index contributed by atoms with van der Waals surface area (Å²) in [6.07, 6.45) is -4.92. The molecule has 4 nitrogen and oxygen atoms in total. The molecule has 1 aromatic rings. The highest BCUT2D eigenvalue weighted by Gasteiger charge is 2.41. The summed E-state index contributed by atoms with van der Waals surface area (Å²) in [4.78, 5) is 8.51. The number of alkyl halides is 3. The van der Waals surface area contributed by atoms with Gasteiger partial charge in [-0.05, 0) is 6.07 Å². The lowest BCUT2D eigenvalue weighted by Gasteiger charge is -2.10. The minimum atomic E-state index is -4.92. The van der Waals surface area contributed by atoms with Crippen LogP contribution in [0.5, 0.6) is 0 Å². The average Bonchev–Trinajstić information content (AvgIpc) is 2.14. The van der Waals surface area contributed by atoms with Crippen LogP contribution in [0.25, 0.3) is 0 Å². The van der Waals surface area contributed by atoms with Gasteiger partial charge in [-0.15, -0.1) is 12.6 Å². The Morgan fingerprint density at radius 1 is 1.44 bits per heavy atom. The van der Waals surface area contributed by atoms with E-state index in [1.807, 2.05) is 0 Å². The van der Waals surface area contributed by atoms with Crippen LogP contribution in [0.2, 0.25) is 0 Å². The summed E-state index contributed by atoms with van der Waals surface area (Å²) in [6.45, 7) is 0. The number of halogens is 3. The normalized spacial score (nSPS) is 10.9. The third-order valence-electron chi connectivity index (χ3n) is 1.76. The van der Waals surface area contributed by atoms with E-state index in [2.05, 4.69) is 12.6 Å². The fourth-order valence-electron chi connectivity index (χ4n) is 1.10. The molecule has 0 saturated carbocycles. The lowest BCUT2D eigenvalue weighted by Crippen LogP contribution is -2.11. The zero-order chi connectivity index (χ0) is 12.5. The molecule has 1 rings (SSSR count). The first-order valence-electron chi connectivity index (χ1n) is 3.76. The molecule has 0 N–H and O–H groups in total. The molecule has 0 heterocycles. The number of benzene rings is 1. The first kappa shape index (κ1) is 12.3. The van der Waals surface area contributed by atoms with Gasteiger partial charge in [-0.2, -0.15) is 18.4 Å². The number of nitro groups is 1.